The number of aromatic nitrogens is 1. The molecule has 0 unspecified atom stereocenters. The minimum absolute atomic E-state index is 0.0140. The Labute approximate surface area is 119 Å². The fraction of sp³-hybridized carbons (Fsp3) is 0.231. The molecule has 0 atom stereocenters. The summed E-state index contributed by atoms with van der Waals surface area (Å²) in [5, 5.41) is 23.6. The van der Waals surface area contributed by atoms with Crippen molar-refractivity contribution in [3.8, 4) is 0 Å². The van der Waals surface area contributed by atoms with Crippen LogP contribution in [0.5, 0.6) is 0 Å². The molecular formula is C13H13N3O5. The van der Waals surface area contributed by atoms with Crippen molar-refractivity contribution in [3.63, 3.8) is 0 Å². The third-order valence-electron chi connectivity index (χ3n) is 2.78. The first-order valence-electron chi connectivity index (χ1n) is 6.14. The van der Waals surface area contributed by atoms with E-state index in [0.29, 0.717) is 23.0 Å². The molecular weight excluding hydrogens is 278 g/mol. The number of carbonyl (C=O) groups is 1. The van der Waals surface area contributed by atoms with E-state index in [1.54, 1.807) is 18.3 Å². The largest absolute Gasteiger partial charge is 0.480 e. The van der Waals surface area contributed by atoms with E-state index in [0.717, 1.165) is 0 Å². The van der Waals surface area contributed by atoms with Crippen molar-refractivity contribution < 1.29 is 19.6 Å². The number of nitro benzene ring substituents is 1. The van der Waals surface area contributed by atoms with E-state index in [9.17, 15) is 14.9 Å². The van der Waals surface area contributed by atoms with Crippen molar-refractivity contribution in [1.29, 1.82) is 0 Å². The fourth-order valence-corrected chi connectivity index (χ4v) is 1.90. The number of carboxylic acid groups (broad SMARTS) is 1. The smallest absolute Gasteiger partial charge is 0.329 e. The highest BCUT2D eigenvalue weighted by Crippen LogP contribution is 2.30. The minimum Gasteiger partial charge on any atom is -0.480 e. The molecule has 2 rings (SSSR count). The standard InChI is InChI=1S/C13H13N3O5/c17-13(18)8-21-6-5-15-11-1-2-12(16(19)20)9-3-4-14-7-10(9)11/h1-4,7,15H,5-6,8H2,(H,17,18). The molecule has 0 radical (unpaired) electrons. The molecule has 2 N–H and O–H groups in total. The molecule has 0 aliphatic heterocycles. The minimum atomic E-state index is -1.03. The molecule has 21 heavy (non-hydrogen) atoms. The zero-order valence-corrected chi connectivity index (χ0v) is 11.0. The van der Waals surface area contributed by atoms with Gasteiger partial charge in [0.25, 0.3) is 5.69 Å². The number of hydrogen-bond acceptors (Lipinski definition) is 6. The second-order valence-corrected chi connectivity index (χ2v) is 4.18. The molecule has 8 heteroatoms. The number of ether oxygens (including phenoxy) is 1. The number of benzene rings is 1. The van der Waals surface area contributed by atoms with Gasteiger partial charge >= 0.3 is 5.97 Å². The number of pyridine rings is 1. The third kappa shape index (κ3) is 3.63. The van der Waals surface area contributed by atoms with Gasteiger partial charge in [0, 0.05) is 36.1 Å². The number of carboxylic acids is 1. The van der Waals surface area contributed by atoms with Crippen LogP contribution in [-0.4, -0.2) is 40.7 Å². The first-order chi connectivity index (χ1) is 10.1. The molecule has 0 aliphatic carbocycles. The van der Waals surface area contributed by atoms with Gasteiger partial charge in [-0.2, -0.15) is 0 Å². The Kier molecular flexibility index (Phi) is 4.62. The Bertz CT molecular complexity index is 674. The summed E-state index contributed by atoms with van der Waals surface area (Å²) in [6, 6.07) is 4.60. The van der Waals surface area contributed by atoms with E-state index in [4.69, 9.17) is 9.84 Å². The van der Waals surface area contributed by atoms with Gasteiger partial charge in [-0.05, 0) is 12.1 Å². The average Bonchev–Trinajstić information content (AvgIpc) is 2.46. The summed E-state index contributed by atoms with van der Waals surface area (Å²) in [4.78, 5) is 24.8. The van der Waals surface area contributed by atoms with Crippen LogP contribution < -0.4 is 5.32 Å². The molecule has 0 saturated carbocycles. The molecule has 0 bridgehead atoms. The number of rotatable bonds is 7. The van der Waals surface area contributed by atoms with Crippen molar-refractivity contribution in [2.75, 3.05) is 25.1 Å². The summed E-state index contributed by atoms with van der Waals surface area (Å²) in [7, 11) is 0. The molecule has 0 amide bonds. The lowest BCUT2D eigenvalue weighted by Crippen LogP contribution is -2.14. The van der Waals surface area contributed by atoms with Crippen molar-refractivity contribution in [1.82, 2.24) is 4.98 Å². The Morgan fingerprint density at radius 3 is 2.90 bits per heavy atom. The summed E-state index contributed by atoms with van der Waals surface area (Å²) in [6.07, 6.45) is 3.04. The van der Waals surface area contributed by atoms with Gasteiger partial charge in [-0.15, -0.1) is 0 Å². The maximum absolute atomic E-state index is 11.0. The molecule has 1 aromatic heterocycles. The number of nitrogens with one attached hydrogen (secondary N) is 1. The quantitative estimate of drug-likeness (QED) is 0.453. The highest BCUT2D eigenvalue weighted by molar-refractivity contribution is 5.99. The van der Waals surface area contributed by atoms with Crippen LogP contribution in [0.15, 0.2) is 30.6 Å². The molecule has 8 nitrogen and oxygen atoms in total. The van der Waals surface area contributed by atoms with E-state index in [2.05, 4.69) is 10.3 Å². The van der Waals surface area contributed by atoms with E-state index in [1.807, 2.05) is 0 Å². The van der Waals surface area contributed by atoms with Gasteiger partial charge in [0.1, 0.15) is 6.61 Å². The first kappa shape index (κ1) is 14.7. The van der Waals surface area contributed by atoms with Crippen LogP contribution in [-0.2, 0) is 9.53 Å². The number of aliphatic carboxylic acids is 1. The second kappa shape index (κ2) is 6.62. The zero-order valence-electron chi connectivity index (χ0n) is 11.0. The molecule has 0 aliphatic rings. The van der Waals surface area contributed by atoms with Crippen LogP contribution in [0, 0.1) is 10.1 Å². The number of nitrogens with zero attached hydrogens (tertiary/aromatic N) is 2. The molecule has 1 heterocycles. The number of hydrogen-bond donors (Lipinski definition) is 2. The van der Waals surface area contributed by atoms with E-state index in [-0.39, 0.29) is 18.9 Å². The molecule has 1 aromatic carbocycles. The SMILES string of the molecule is O=C(O)COCCNc1ccc([N+](=O)[O-])c2ccncc12. The van der Waals surface area contributed by atoms with Crippen LogP contribution in [0.3, 0.4) is 0 Å². The van der Waals surface area contributed by atoms with Gasteiger partial charge in [-0.25, -0.2) is 4.79 Å². The van der Waals surface area contributed by atoms with Crippen LogP contribution in [0.2, 0.25) is 0 Å². The number of anilines is 1. The third-order valence-corrected chi connectivity index (χ3v) is 2.78. The van der Waals surface area contributed by atoms with Crippen LogP contribution in [0.25, 0.3) is 10.8 Å². The Balaban J connectivity index is 2.12. The van der Waals surface area contributed by atoms with Gasteiger partial charge in [0.2, 0.25) is 0 Å². The summed E-state index contributed by atoms with van der Waals surface area (Å²) < 4.78 is 4.90. The van der Waals surface area contributed by atoms with Gasteiger partial charge in [0.15, 0.2) is 0 Å². The number of nitro groups is 1. The maximum atomic E-state index is 11.0. The molecule has 110 valence electrons. The monoisotopic (exact) mass is 291 g/mol. The van der Waals surface area contributed by atoms with Gasteiger partial charge in [0.05, 0.1) is 16.9 Å². The average molecular weight is 291 g/mol. The lowest BCUT2D eigenvalue weighted by Gasteiger charge is -2.09. The first-order valence-corrected chi connectivity index (χ1v) is 6.14. The molecule has 0 saturated heterocycles. The Hall–Kier alpha value is -2.74. The summed E-state index contributed by atoms with van der Waals surface area (Å²) >= 11 is 0. The summed E-state index contributed by atoms with van der Waals surface area (Å²) in [6.45, 7) is 0.240. The van der Waals surface area contributed by atoms with E-state index >= 15 is 0 Å². The molecule has 0 spiro atoms. The van der Waals surface area contributed by atoms with Crippen molar-refractivity contribution in [2.45, 2.75) is 0 Å². The lowest BCUT2D eigenvalue weighted by atomic mass is 10.1. The predicted molar refractivity (Wildman–Crippen MR) is 75.3 cm³/mol. The van der Waals surface area contributed by atoms with E-state index < -0.39 is 10.9 Å². The molecule has 0 fully saturated rings. The zero-order chi connectivity index (χ0) is 15.2. The summed E-state index contributed by atoms with van der Waals surface area (Å²) in [5.74, 6) is -1.03. The maximum Gasteiger partial charge on any atom is 0.329 e. The number of fused-ring (bicyclic) bond motifs is 1. The van der Waals surface area contributed by atoms with Crippen LogP contribution >= 0.6 is 0 Å². The predicted octanol–water partition coefficient (Wildman–Crippen LogP) is 1.66. The second-order valence-electron chi connectivity index (χ2n) is 4.18. The topological polar surface area (TPSA) is 115 Å². The Morgan fingerprint density at radius 2 is 2.19 bits per heavy atom. The van der Waals surface area contributed by atoms with E-state index in [1.165, 1.54) is 12.3 Å². The highest BCUT2D eigenvalue weighted by atomic mass is 16.6. The fourth-order valence-electron chi connectivity index (χ4n) is 1.90. The number of non-ortho nitro benzene ring substituents is 1. The normalized spacial score (nSPS) is 10.5. The molecule has 2 aromatic rings. The van der Waals surface area contributed by atoms with Gasteiger partial charge in [-0.1, -0.05) is 0 Å². The lowest BCUT2D eigenvalue weighted by molar-refractivity contribution is -0.383. The highest BCUT2D eigenvalue weighted by Gasteiger charge is 2.13. The van der Waals surface area contributed by atoms with Gasteiger partial charge in [-0.3, -0.25) is 15.1 Å². The van der Waals surface area contributed by atoms with Crippen molar-refractivity contribution >= 4 is 28.1 Å². The van der Waals surface area contributed by atoms with Crippen molar-refractivity contribution in [2.24, 2.45) is 0 Å². The van der Waals surface area contributed by atoms with Gasteiger partial charge < -0.3 is 15.2 Å². The Morgan fingerprint density at radius 1 is 1.38 bits per heavy atom. The van der Waals surface area contributed by atoms with Crippen LogP contribution in [0.4, 0.5) is 11.4 Å². The van der Waals surface area contributed by atoms with Crippen LogP contribution in [0.1, 0.15) is 0 Å². The van der Waals surface area contributed by atoms with Crippen molar-refractivity contribution in [3.05, 3.63) is 40.7 Å². The summed E-state index contributed by atoms with van der Waals surface area (Å²) in [5.41, 5.74) is 0.697.